The van der Waals surface area contributed by atoms with E-state index >= 15 is 0 Å². The summed E-state index contributed by atoms with van der Waals surface area (Å²) in [6, 6.07) is 34.6. The molecule has 0 radical (unpaired) electrons. The largest absolute Gasteiger partial charge is 0.497 e. The van der Waals surface area contributed by atoms with Crippen LogP contribution < -0.4 is 18.9 Å². The summed E-state index contributed by atoms with van der Waals surface area (Å²) in [6.07, 6.45) is 0.623. The Hall–Kier alpha value is -6.46. The number of aliphatic hydroxyl groups is 2. The van der Waals surface area contributed by atoms with Crippen molar-refractivity contribution in [3.05, 3.63) is 121 Å². The molecule has 50 heavy (non-hydrogen) atoms. The number of aromatic nitrogens is 2. The lowest BCUT2D eigenvalue weighted by Gasteiger charge is -2.15. The Morgan fingerprint density at radius 1 is 0.700 bits per heavy atom. The van der Waals surface area contributed by atoms with Gasteiger partial charge in [-0.25, -0.2) is 9.97 Å². The molecule has 0 bridgehead atoms. The van der Waals surface area contributed by atoms with E-state index in [0.29, 0.717) is 40.6 Å². The summed E-state index contributed by atoms with van der Waals surface area (Å²) >= 11 is 0. The lowest BCUT2D eigenvalue weighted by molar-refractivity contribution is 0.0526. The molecule has 6 aromatic rings. The molecule has 4 aromatic carbocycles. The first-order chi connectivity index (χ1) is 24.5. The first-order valence-corrected chi connectivity index (χ1v) is 15.6. The minimum absolute atomic E-state index is 0.125. The quantitative estimate of drug-likeness (QED) is 0.140. The Morgan fingerprint density at radius 3 is 1.56 bits per heavy atom. The number of methoxy groups -OCH3 is 2. The number of nitrogens with zero attached hydrogens (tertiary/aromatic N) is 4. The number of pyridine rings is 2. The van der Waals surface area contributed by atoms with Gasteiger partial charge >= 0.3 is 0 Å². The van der Waals surface area contributed by atoms with E-state index in [1.807, 2.05) is 84.9 Å². The number of aliphatic hydroxyl groups excluding tert-OH is 2. The van der Waals surface area contributed by atoms with Crippen LogP contribution in [0.25, 0.3) is 43.8 Å². The van der Waals surface area contributed by atoms with Crippen molar-refractivity contribution in [2.75, 3.05) is 34.0 Å². The molecule has 1 atom stereocenters. The summed E-state index contributed by atoms with van der Waals surface area (Å²) in [5, 5.41) is 40.9. The van der Waals surface area contributed by atoms with Gasteiger partial charge in [-0.2, -0.15) is 10.5 Å². The molecule has 2 aromatic heterocycles. The topological polar surface area (TPSA) is 151 Å². The summed E-state index contributed by atoms with van der Waals surface area (Å²) < 4.78 is 21.9. The number of ether oxygens (including phenoxy) is 4. The lowest BCUT2D eigenvalue weighted by atomic mass is 9.97. The molecule has 0 saturated heterocycles. The SMILES string of the molecule is C=CCOc1nc(C#N)c(-c2ccccc2)c2cc(OC)ccc12.COc1ccc2c(OCC(O)CO)nc(C#N)c(-c3ccccc3)c2c1. The first-order valence-electron chi connectivity index (χ1n) is 15.6. The second-order valence-corrected chi connectivity index (χ2v) is 10.8. The Kier molecular flexibility index (Phi) is 11.6. The molecule has 2 N–H and O–H groups in total. The highest BCUT2D eigenvalue weighted by atomic mass is 16.5. The van der Waals surface area contributed by atoms with E-state index < -0.39 is 12.7 Å². The van der Waals surface area contributed by atoms with Crippen molar-refractivity contribution in [3.8, 4) is 57.7 Å². The molecule has 2 heterocycles. The van der Waals surface area contributed by atoms with E-state index in [2.05, 4.69) is 28.7 Å². The average molecular weight is 667 g/mol. The zero-order chi connectivity index (χ0) is 35.5. The molecule has 6 rings (SSSR count). The normalized spacial score (nSPS) is 11.0. The van der Waals surface area contributed by atoms with Gasteiger partial charge in [0.05, 0.1) is 20.8 Å². The molecule has 0 saturated carbocycles. The van der Waals surface area contributed by atoms with Crippen LogP contribution in [0.5, 0.6) is 23.3 Å². The third-order valence-corrected chi connectivity index (χ3v) is 7.65. The highest BCUT2D eigenvalue weighted by Gasteiger charge is 2.19. The minimum Gasteiger partial charge on any atom is -0.497 e. The van der Waals surface area contributed by atoms with E-state index in [1.54, 1.807) is 32.4 Å². The Balaban J connectivity index is 0.000000195. The molecule has 0 aliphatic carbocycles. The highest BCUT2D eigenvalue weighted by Crippen LogP contribution is 2.39. The fraction of sp³-hybridized carbons (Fsp3) is 0.150. The second-order valence-electron chi connectivity index (χ2n) is 10.8. The van der Waals surface area contributed by atoms with Crippen LogP contribution in [0.3, 0.4) is 0 Å². The van der Waals surface area contributed by atoms with Crippen LogP contribution in [-0.2, 0) is 0 Å². The predicted octanol–water partition coefficient (Wildman–Crippen LogP) is 6.86. The summed E-state index contributed by atoms with van der Waals surface area (Å²) in [7, 11) is 3.19. The van der Waals surface area contributed by atoms with Crippen molar-refractivity contribution >= 4 is 21.5 Å². The van der Waals surface area contributed by atoms with E-state index in [9.17, 15) is 15.6 Å². The first kappa shape index (κ1) is 34.9. The fourth-order valence-electron chi connectivity index (χ4n) is 5.32. The van der Waals surface area contributed by atoms with E-state index in [1.165, 1.54) is 0 Å². The lowest BCUT2D eigenvalue weighted by Crippen LogP contribution is -2.21. The van der Waals surface area contributed by atoms with E-state index in [4.69, 9.17) is 24.1 Å². The second kappa shape index (κ2) is 16.6. The van der Waals surface area contributed by atoms with Gasteiger partial charge in [0.2, 0.25) is 11.8 Å². The number of hydrogen-bond acceptors (Lipinski definition) is 10. The maximum absolute atomic E-state index is 9.63. The molecule has 0 spiro atoms. The molecule has 0 aliphatic heterocycles. The summed E-state index contributed by atoms with van der Waals surface area (Å²) in [4.78, 5) is 8.76. The van der Waals surface area contributed by atoms with Crippen LogP contribution in [0.15, 0.2) is 110 Å². The van der Waals surface area contributed by atoms with E-state index in [0.717, 1.165) is 32.8 Å². The summed E-state index contributed by atoms with van der Waals surface area (Å²) in [5.41, 5.74) is 3.79. The van der Waals surface area contributed by atoms with Crippen LogP contribution in [-0.4, -0.2) is 60.3 Å². The van der Waals surface area contributed by atoms with E-state index in [-0.39, 0.29) is 18.2 Å². The minimum atomic E-state index is -1.02. The summed E-state index contributed by atoms with van der Waals surface area (Å²) in [5.74, 6) is 2.01. The summed E-state index contributed by atoms with van der Waals surface area (Å²) in [6.45, 7) is 3.43. The number of fused-ring (bicyclic) bond motifs is 2. The molecular weight excluding hydrogens is 632 g/mol. The number of benzene rings is 4. The van der Waals surface area contributed by atoms with Crippen molar-refractivity contribution in [2.24, 2.45) is 0 Å². The van der Waals surface area contributed by atoms with Crippen molar-refractivity contribution < 1.29 is 29.2 Å². The predicted molar refractivity (Wildman–Crippen MR) is 191 cm³/mol. The Morgan fingerprint density at radius 2 is 1.16 bits per heavy atom. The van der Waals surface area contributed by atoms with Crippen LogP contribution in [0.2, 0.25) is 0 Å². The van der Waals surface area contributed by atoms with Crippen LogP contribution >= 0.6 is 0 Å². The third kappa shape index (κ3) is 7.64. The molecule has 1 unspecified atom stereocenters. The molecule has 0 aliphatic rings. The van der Waals surface area contributed by atoms with Gasteiger partial charge in [-0.1, -0.05) is 73.3 Å². The van der Waals surface area contributed by atoms with Crippen molar-refractivity contribution in [3.63, 3.8) is 0 Å². The molecule has 10 nitrogen and oxygen atoms in total. The molecular formula is C40H34N4O6. The maximum Gasteiger partial charge on any atom is 0.222 e. The van der Waals surface area contributed by atoms with Crippen molar-refractivity contribution in [1.82, 2.24) is 9.97 Å². The van der Waals surface area contributed by atoms with Gasteiger partial charge in [-0.3, -0.25) is 0 Å². The Bertz CT molecular complexity index is 2200. The van der Waals surface area contributed by atoms with Gasteiger partial charge in [-0.05, 0) is 47.5 Å². The number of rotatable bonds is 11. The van der Waals surface area contributed by atoms with Gasteiger partial charge in [0.15, 0.2) is 11.4 Å². The third-order valence-electron chi connectivity index (χ3n) is 7.65. The Labute approximate surface area is 289 Å². The molecule has 0 amide bonds. The van der Waals surface area contributed by atoms with Gasteiger partial charge in [0.1, 0.15) is 43.0 Å². The van der Waals surface area contributed by atoms with Gasteiger partial charge < -0.3 is 29.2 Å². The number of hydrogen-bond donors (Lipinski definition) is 2. The zero-order valence-corrected chi connectivity index (χ0v) is 27.5. The van der Waals surface area contributed by atoms with Crippen LogP contribution in [0.1, 0.15) is 11.4 Å². The van der Waals surface area contributed by atoms with Gasteiger partial charge in [0.25, 0.3) is 0 Å². The van der Waals surface area contributed by atoms with Gasteiger partial charge in [0, 0.05) is 32.7 Å². The number of nitriles is 2. The van der Waals surface area contributed by atoms with Crippen molar-refractivity contribution in [1.29, 1.82) is 10.5 Å². The molecule has 250 valence electrons. The van der Waals surface area contributed by atoms with Crippen molar-refractivity contribution in [2.45, 2.75) is 6.10 Å². The standard InChI is InChI=1S/C20H18N2O4.C20H16N2O2/c1-25-15-7-8-16-17(9-15)19(13-5-3-2-4-6-13)18(10-21)22-20(16)26-12-14(24)11-23;1-3-11-24-20-16-10-9-15(23-2)12-17(16)19(18(13-21)22-20)14-7-5-4-6-8-14/h2-9,14,23-24H,11-12H2,1H3;3-10,12H,1,11H2,2H3. The smallest absolute Gasteiger partial charge is 0.222 e. The highest BCUT2D eigenvalue weighted by molar-refractivity contribution is 6.02. The zero-order valence-electron chi connectivity index (χ0n) is 27.5. The fourth-order valence-corrected chi connectivity index (χ4v) is 5.32. The molecule has 10 heteroatoms. The maximum atomic E-state index is 9.63. The van der Waals surface area contributed by atoms with Gasteiger partial charge in [-0.15, -0.1) is 0 Å². The average Bonchev–Trinajstić information content (AvgIpc) is 3.18. The van der Waals surface area contributed by atoms with Crippen LogP contribution in [0, 0.1) is 22.7 Å². The molecule has 0 fully saturated rings. The monoisotopic (exact) mass is 666 g/mol. The van der Waals surface area contributed by atoms with Crippen LogP contribution in [0.4, 0.5) is 0 Å².